The number of aliphatic imine (C=N–C) groups is 1. The monoisotopic (exact) mass is 475 g/mol. The van der Waals surface area contributed by atoms with Crippen molar-refractivity contribution in [3.8, 4) is 0 Å². The van der Waals surface area contributed by atoms with E-state index in [1.54, 1.807) is 36.6 Å². The van der Waals surface area contributed by atoms with E-state index >= 15 is 0 Å². The Balaban J connectivity index is 0.00000312. The van der Waals surface area contributed by atoms with E-state index in [1.165, 1.54) is 15.8 Å². The SMILES string of the molecule is CN=C(NCCNc1ccccc1[N+](=O)[O-])NCc1ccc(C)s1.I. The molecule has 0 saturated heterocycles. The van der Waals surface area contributed by atoms with Crippen LogP contribution < -0.4 is 16.0 Å². The number of hydrogen-bond acceptors (Lipinski definition) is 5. The summed E-state index contributed by atoms with van der Waals surface area (Å²) in [5.74, 6) is 0.699. The minimum Gasteiger partial charge on any atom is -0.378 e. The summed E-state index contributed by atoms with van der Waals surface area (Å²) in [5, 5.41) is 20.4. The first-order chi connectivity index (χ1) is 11.6. The second-order valence-electron chi connectivity index (χ2n) is 5.07. The van der Waals surface area contributed by atoms with Gasteiger partial charge in [0.1, 0.15) is 5.69 Å². The molecule has 0 radical (unpaired) electrons. The molecule has 0 bridgehead atoms. The summed E-state index contributed by atoms with van der Waals surface area (Å²) in [6, 6.07) is 10.8. The highest BCUT2D eigenvalue weighted by molar-refractivity contribution is 14.0. The Morgan fingerprint density at radius 3 is 2.60 bits per heavy atom. The van der Waals surface area contributed by atoms with Crippen LogP contribution in [-0.4, -0.2) is 31.0 Å². The molecule has 0 aliphatic carbocycles. The van der Waals surface area contributed by atoms with Gasteiger partial charge >= 0.3 is 0 Å². The Labute approximate surface area is 168 Å². The van der Waals surface area contributed by atoms with E-state index in [9.17, 15) is 10.1 Å². The fourth-order valence-corrected chi connectivity index (χ4v) is 2.96. The normalized spacial score (nSPS) is 10.7. The standard InChI is InChI=1S/C16H21N5O2S.HI/c1-12-7-8-13(24-12)11-20-16(17-2)19-10-9-18-14-5-3-4-6-15(14)21(22)23;/h3-8,18H,9-11H2,1-2H3,(H2,17,19,20);1H. The lowest BCUT2D eigenvalue weighted by atomic mass is 10.2. The molecule has 7 nitrogen and oxygen atoms in total. The third kappa shape index (κ3) is 6.86. The van der Waals surface area contributed by atoms with Crippen molar-refractivity contribution >= 4 is 52.6 Å². The molecular formula is C16H22IN5O2S. The molecule has 3 N–H and O–H groups in total. The molecule has 0 fully saturated rings. The number of thiophene rings is 1. The predicted octanol–water partition coefficient (Wildman–Crippen LogP) is 3.36. The highest BCUT2D eigenvalue weighted by Gasteiger charge is 2.11. The molecular weight excluding hydrogens is 453 g/mol. The molecule has 9 heteroatoms. The zero-order valence-corrected chi connectivity index (χ0v) is 17.3. The molecule has 1 heterocycles. The predicted molar refractivity (Wildman–Crippen MR) is 114 cm³/mol. The number of guanidine groups is 1. The van der Waals surface area contributed by atoms with Crippen LogP contribution in [-0.2, 0) is 6.54 Å². The molecule has 0 aliphatic rings. The van der Waals surface area contributed by atoms with Crippen LogP contribution >= 0.6 is 35.3 Å². The third-order valence-electron chi connectivity index (χ3n) is 3.28. The van der Waals surface area contributed by atoms with Crippen LogP contribution in [0.3, 0.4) is 0 Å². The average Bonchev–Trinajstić information content (AvgIpc) is 3.00. The lowest BCUT2D eigenvalue weighted by molar-refractivity contribution is -0.384. The minimum atomic E-state index is -0.390. The molecule has 0 atom stereocenters. The van der Waals surface area contributed by atoms with Gasteiger partial charge in [0.25, 0.3) is 5.69 Å². The van der Waals surface area contributed by atoms with Crippen molar-refractivity contribution in [2.45, 2.75) is 13.5 Å². The van der Waals surface area contributed by atoms with Crippen LogP contribution in [0.4, 0.5) is 11.4 Å². The number of nitrogens with one attached hydrogen (secondary N) is 3. The van der Waals surface area contributed by atoms with E-state index in [0.29, 0.717) is 24.7 Å². The van der Waals surface area contributed by atoms with E-state index in [-0.39, 0.29) is 34.6 Å². The van der Waals surface area contributed by atoms with Crippen molar-refractivity contribution in [2.24, 2.45) is 4.99 Å². The van der Waals surface area contributed by atoms with E-state index < -0.39 is 0 Å². The van der Waals surface area contributed by atoms with Gasteiger partial charge in [0.15, 0.2) is 5.96 Å². The van der Waals surface area contributed by atoms with Gasteiger partial charge in [-0.1, -0.05) is 12.1 Å². The number of para-hydroxylation sites is 2. The van der Waals surface area contributed by atoms with Gasteiger partial charge in [0, 0.05) is 36.0 Å². The molecule has 0 saturated carbocycles. The molecule has 0 aliphatic heterocycles. The van der Waals surface area contributed by atoms with Crippen LogP contribution in [0.5, 0.6) is 0 Å². The number of nitrogens with zero attached hydrogens (tertiary/aromatic N) is 2. The molecule has 25 heavy (non-hydrogen) atoms. The zero-order chi connectivity index (χ0) is 17.4. The maximum Gasteiger partial charge on any atom is 0.292 e. The second-order valence-corrected chi connectivity index (χ2v) is 6.44. The van der Waals surface area contributed by atoms with Gasteiger partial charge in [0.2, 0.25) is 0 Å². The Hall–Kier alpha value is -1.88. The summed E-state index contributed by atoms with van der Waals surface area (Å²) >= 11 is 1.75. The summed E-state index contributed by atoms with van der Waals surface area (Å²) in [6.45, 7) is 3.93. The second kappa shape index (κ2) is 10.9. The Kier molecular flexibility index (Phi) is 9.21. The Morgan fingerprint density at radius 1 is 1.20 bits per heavy atom. The number of benzene rings is 1. The third-order valence-corrected chi connectivity index (χ3v) is 4.28. The lowest BCUT2D eigenvalue weighted by Gasteiger charge is -2.12. The smallest absolute Gasteiger partial charge is 0.292 e. The van der Waals surface area contributed by atoms with Crippen molar-refractivity contribution in [1.82, 2.24) is 10.6 Å². The van der Waals surface area contributed by atoms with Gasteiger partial charge in [-0.05, 0) is 25.1 Å². The van der Waals surface area contributed by atoms with Gasteiger partial charge < -0.3 is 16.0 Å². The van der Waals surface area contributed by atoms with E-state index in [4.69, 9.17) is 0 Å². The Bertz CT molecular complexity index is 720. The Morgan fingerprint density at radius 2 is 1.96 bits per heavy atom. The maximum absolute atomic E-state index is 11.0. The van der Waals surface area contributed by atoms with Crippen molar-refractivity contribution in [1.29, 1.82) is 0 Å². The van der Waals surface area contributed by atoms with Gasteiger partial charge in [-0.15, -0.1) is 35.3 Å². The largest absolute Gasteiger partial charge is 0.378 e. The molecule has 1 aromatic carbocycles. The summed E-state index contributed by atoms with van der Waals surface area (Å²) in [4.78, 5) is 17.3. The number of halogens is 1. The lowest BCUT2D eigenvalue weighted by Crippen LogP contribution is -2.39. The first-order valence-electron chi connectivity index (χ1n) is 7.57. The van der Waals surface area contributed by atoms with Gasteiger partial charge in [-0.3, -0.25) is 15.1 Å². The number of nitro benzene ring substituents is 1. The zero-order valence-electron chi connectivity index (χ0n) is 14.1. The topological polar surface area (TPSA) is 91.6 Å². The first kappa shape index (κ1) is 21.2. The average molecular weight is 475 g/mol. The fourth-order valence-electron chi connectivity index (χ4n) is 2.13. The number of rotatable bonds is 7. The molecule has 136 valence electrons. The quantitative estimate of drug-likeness (QED) is 0.143. The number of hydrogen-bond donors (Lipinski definition) is 3. The van der Waals surface area contributed by atoms with E-state index in [1.807, 2.05) is 0 Å². The molecule has 2 aromatic rings. The molecule has 0 unspecified atom stereocenters. The van der Waals surface area contributed by atoms with Gasteiger partial charge in [-0.25, -0.2) is 0 Å². The van der Waals surface area contributed by atoms with Crippen LogP contribution in [0.1, 0.15) is 9.75 Å². The van der Waals surface area contributed by atoms with E-state index in [0.717, 1.165) is 6.54 Å². The fraction of sp³-hybridized carbons (Fsp3) is 0.312. The van der Waals surface area contributed by atoms with Crippen LogP contribution in [0.2, 0.25) is 0 Å². The van der Waals surface area contributed by atoms with Crippen LogP contribution in [0.15, 0.2) is 41.4 Å². The number of anilines is 1. The summed E-state index contributed by atoms with van der Waals surface area (Å²) in [5.41, 5.74) is 0.592. The summed E-state index contributed by atoms with van der Waals surface area (Å²) < 4.78 is 0. The van der Waals surface area contributed by atoms with Gasteiger partial charge in [0.05, 0.1) is 11.5 Å². The molecule has 2 rings (SSSR count). The van der Waals surface area contributed by atoms with Crippen molar-refractivity contribution in [2.75, 3.05) is 25.5 Å². The first-order valence-corrected chi connectivity index (χ1v) is 8.39. The molecule has 0 spiro atoms. The van der Waals surface area contributed by atoms with Crippen molar-refractivity contribution in [3.63, 3.8) is 0 Å². The maximum atomic E-state index is 11.0. The van der Waals surface area contributed by atoms with Crippen LogP contribution in [0.25, 0.3) is 0 Å². The number of nitro groups is 1. The highest BCUT2D eigenvalue weighted by atomic mass is 127. The van der Waals surface area contributed by atoms with Crippen molar-refractivity contribution < 1.29 is 4.92 Å². The summed E-state index contributed by atoms with van der Waals surface area (Å²) in [6.07, 6.45) is 0. The minimum absolute atomic E-state index is 0. The summed E-state index contributed by atoms with van der Waals surface area (Å²) in [7, 11) is 1.71. The highest BCUT2D eigenvalue weighted by Crippen LogP contribution is 2.22. The number of aryl methyl sites for hydroxylation is 1. The van der Waals surface area contributed by atoms with Crippen molar-refractivity contribution in [3.05, 3.63) is 56.3 Å². The molecule has 1 aromatic heterocycles. The van der Waals surface area contributed by atoms with Gasteiger partial charge in [-0.2, -0.15) is 0 Å². The molecule has 0 amide bonds. The van der Waals surface area contributed by atoms with Crippen LogP contribution in [0, 0.1) is 17.0 Å². The van der Waals surface area contributed by atoms with E-state index in [2.05, 4.69) is 40.0 Å².